The van der Waals surface area contributed by atoms with Crippen LogP contribution in [0, 0.1) is 17.8 Å². The van der Waals surface area contributed by atoms with E-state index in [9.17, 15) is 9.59 Å². The molecule has 16 heavy (non-hydrogen) atoms. The largest absolute Gasteiger partial charge is 0.481 e. The quantitative estimate of drug-likeness (QED) is 0.776. The highest BCUT2D eigenvalue weighted by molar-refractivity contribution is 5.84. The zero-order valence-electron chi connectivity index (χ0n) is 10.4. The number of rotatable bonds is 5. The van der Waals surface area contributed by atoms with Crippen LogP contribution in [-0.4, -0.2) is 35.0 Å². The highest BCUT2D eigenvalue weighted by Gasteiger charge is 2.35. The van der Waals surface area contributed by atoms with Crippen molar-refractivity contribution in [2.45, 2.75) is 39.7 Å². The Balaban J connectivity index is 2.58. The van der Waals surface area contributed by atoms with Gasteiger partial charge in [-0.05, 0) is 25.7 Å². The van der Waals surface area contributed by atoms with Crippen molar-refractivity contribution < 1.29 is 14.7 Å². The van der Waals surface area contributed by atoms with Crippen LogP contribution < -0.4 is 0 Å². The van der Waals surface area contributed by atoms with Gasteiger partial charge in [0.2, 0.25) is 5.91 Å². The maximum atomic E-state index is 12.0. The lowest BCUT2D eigenvalue weighted by atomic mass is 9.94. The van der Waals surface area contributed by atoms with Crippen LogP contribution in [-0.2, 0) is 9.59 Å². The van der Waals surface area contributed by atoms with E-state index in [4.69, 9.17) is 5.11 Å². The molecule has 0 bridgehead atoms. The van der Waals surface area contributed by atoms with E-state index in [1.807, 2.05) is 6.92 Å². The summed E-state index contributed by atoms with van der Waals surface area (Å²) in [5, 5.41) is 8.87. The molecule has 1 aliphatic rings. The van der Waals surface area contributed by atoms with Gasteiger partial charge in [0.25, 0.3) is 0 Å². The van der Waals surface area contributed by atoms with Crippen molar-refractivity contribution in [3.63, 3.8) is 0 Å². The molecule has 3 atom stereocenters. The number of carboxylic acids is 1. The Morgan fingerprint density at radius 2 is 1.69 bits per heavy atom. The fourth-order valence-electron chi connectivity index (χ4n) is 1.84. The van der Waals surface area contributed by atoms with Crippen molar-refractivity contribution in [3.8, 4) is 0 Å². The predicted octanol–water partition coefficient (Wildman–Crippen LogP) is 1.60. The Bertz CT molecular complexity index is 286. The Morgan fingerprint density at radius 1 is 1.19 bits per heavy atom. The van der Waals surface area contributed by atoms with Crippen LogP contribution >= 0.6 is 0 Å². The second-order valence-corrected chi connectivity index (χ2v) is 4.94. The third-order valence-corrected chi connectivity index (χ3v) is 3.79. The summed E-state index contributed by atoms with van der Waals surface area (Å²) in [6, 6.07) is 0.232. The van der Waals surface area contributed by atoms with Crippen molar-refractivity contribution in [2.75, 3.05) is 7.05 Å². The number of amides is 1. The van der Waals surface area contributed by atoms with Gasteiger partial charge in [-0.25, -0.2) is 0 Å². The van der Waals surface area contributed by atoms with Crippen molar-refractivity contribution >= 4 is 11.9 Å². The molecule has 0 saturated heterocycles. The molecule has 1 saturated carbocycles. The van der Waals surface area contributed by atoms with E-state index in [1.165, 1.54) is 12.8 Å². The average molecular weight is 227 g/mol. The van der Waals surface area contributed by atoms with Crippen LogP contribution in [0.1, 0.15) is 33.6 Å². The molecule has 1 rings (SSSR count). The summed E-state index contributed by atoms with van der Waals surface area (Å²) in [5.74, 6) is -1.44. The lowest BCUT2D eigenvalue weighted by Crippen LogP contribution is -2.42. The summed E-state index contributed by atoms with van der Waals surface area (Å²) in [4.78, 5) is 24.5. The summed E-state index contributed by atoms with van der Waals surface area (Å²) in [6.45, 7) is 5.31. The minimum atomic E-state index is -0.909. The fourth-order valence-corrected chi connectivity index (χ4v) is 1.84. The molecule has 4 nitrogen and oxygen atoms in total. The van der Waals surface area contributed by atoms with Gasteiger partial charge in [-0.1, -0.05) is 13.8 Å². The molecular formula is C12H21NO3. The molecule has 3 unspecified atom stereocenters. The lowest BCUT2D eigenvalue weighted by molar-refractivity contribution is -0.149. The third kappa shape index (κ3) is 2.74. The van der Waals surface area contributed by atoms with Crippen molar-refractivity contribution in [1.29, 1.82) is 0 Å². The molecule has 1 aliphatic carbocycles. The standard InChI is InChI=1S/C12H21NO3/c1-7(8(2)12(15)16)11(14)13(4)9(3)10-5-6-10/h7-10H,5-6H2,1-4H3,(H,15,16). The number of carboxylic acid groups (broad SMARTS) is 1. The van der Waals surface area contributed by atoms with Crippen molar-refractivity contribution in [1.82, 2.24) is 4.90 Å². The Hall–Kier alpha value is -1.06. The van der Waals surface area contributed by atoms with Gasteiger partial charge in [0.1, 0.15) is 0 Å². The van der Waals surface area contributed by atoms with Crippen LogP contribution in [0.15, 0.2) is 0 Å². The summed E-state index contributed by atoms with van der Waals surface area (Å²) in [6.07, 6.45) is 2.36. The number of aliphatic carboxylic acids is 1. The maximum absolute atomic E-state index is 12.0. The molecule has 1 fully saturated rings. The molecule has 92 valence electrons. The molecule has 0 radical (unpaired) electrons. The summed E-state index contributed by atoms with van der Waals surface area (Å²) in [7, 11) is 1.77. The number of carbonyl (C=O) groups is 2. The van der Waals surface area contributed by atoms with Crippen LogP contribution in [0.4, 0.5) is 0 Å². The average Bonchev–Trinajstić information content (AvgIpc) is 3.07. The van der Waals surface area contributed by atoms with Gasteiger partial charge in [-0.3, -0.25) is 9.59 Å². The molecule has 1 N–H and O–H groups in total. The molecule has 0 aromatic carbocycles. The topological polar surface area (TPSA) is 57.6 Å². The van der Waals surface area contributed by atoms with Crippen molar-refractivity contribution in [3.05, 3.63) is 0 Å². The molecule has 0 aromatic heterocycles. The van der Waals surface area contributed by atoms with Gasteiger partial charge >= 0.3 is 5.97 Å². The highest BCUT2D eigenvalue weighted by atomic mass is 16.4. The molecule has 0 heterocycles. The van der Waals surface area contributed by atoms with Crippen LogP contribution in [0.25, 0.3) is 0 Å². The Kier molecular flexibility index (Phi) is 3.94. The fraction of sp³-hybridized carbons (Fsp3) is 0.833. The monoisotopic (exact) mass is 227 g/mol. The smallest absolute Gasteiger partial charge is 0.307 e. The van der Waals surface area contributed by atoms with Gasteiger partial charge in [0.15, 0.2) is 0 Å². The second-order valence-electron chi connectivity index (χ2n) is 4.94. The van der Waals surface area contributed by atoms with Crippen LogP contribution in [0.2, 0.25) is 0 Å². The Morgan fingerprint density at radius 3 is 2.06 bits per heavy atom. The summed E-state index contributed by atoms with van der Waals surface area (Å²) >= 11 is 0. The first-order chi connectivity index (χ1) is 7.36. The van der Waals surface area contributed by atoms with E-state index < -0.39 is 17.8 Å². The number of hydrogen-bond donors (Lipinski definition) is 1. The van der Waals surface area contributed by atoms with E-state index in [-0.39, 0.29) is 11.9 Å². The van der Waals surface area contributed by atoms with E-state index in [0.717, 1.165) is 0 Å². The van der Waals surface area contributed by atoms with Crippen molar-refractivity contribution in [2.24, 2.45) is 17.8 Å². The van der Waals surface area contributed by atoms with Gasteiger partial charge < -0.3 is 10.0 Å². The minimum Gasteiger partial charge on any atom is -0.481 e. The first-order valence-electron chi connectivity index (χ1n) is 5.85. The number of hydrogen-bond acceptors (Lipinski definition) is 2. The van der Waals surface area contributed by atoms with Gasteiger partial charge in [0, 0.05) is 19.0 Å². The van der Waals surface area contributed by atoms with Gasteiger partial charge in [0.05, 0.1) is 5.92 Å². The zero-order valence-corrected chi connectivity index (χ0v) is 10.4. The highest BCUT2D eigenvalue weighted by Crippen LogP contribution is 2.35. The van der Waals surface area contributed by atoms with Crippen LogP contribution in [0.5, 0.6) is 0 Å². The first kappa shape index (κ1) is 13.0. The SMILES string of the molecule is CC(C(=O)O)C(C)C(=O)N(C)C(C)C1CC1. The zero-order chi connectivity index (χ0) is 12.5. The lowest BCUT2D eigenvalue weighted by Gasteiger charge is -2.29. The van der Waals surface area contributed by atoms with E-state index in [2.05, 4.69) is 0 Å². The summed E-state index contributed by atoms with van der Waals surface area (Å²) in [5.41, 5.74) is 0. The Labute approximate surface area is 96.6 Å². The molecule has 4 heteroatoms. The maximum Gasteiger partial charge on any atom is 0.307 e. The molecule has 0 spiro atoms. The molecular weight excluding hydrogens is 206 g/mol. The number of nitrogens with zero attached hydrogens (tertiary/aromatic N) is 1. The third-order valence-electron chi connectivity index (χ3n) is 3.79. The molecule has 1 amide bonds. The summed E-state index contributed by atoms with van der Waals surface area (Å²) < 4.78 is 0. The van der Waals surface area contributed by atoms with E-state index in [1.54, 1.807) is 25.8 Å². The van der Waals surface area contributed by atoms with Crippen LogP contribution in [0.3, 0.4) is 0 Å². The van der Waals surface area contributed by atoms with E-state index in [0.29, 0.717) is 5.92 Å². The minimum absolute atomic E-state index is 0.0608. The molecule has 0 aromatic rings. The number of carbonyl (C=O) groups excluding carboxylic acids is 1. The normalized spacial score (nSPS) is 21.0. The second kappa shape index (κ2) is 4.85. The first-order valence-corrected chi connectivity index (χ1v) is 5.85. The van der Waals surface area contributed by atoms with Gasteiger partial charge in [-0.2, -0.15) is 0 Å². The molecule has 0 aliphatic heterocycles. The predicted molar refractivity (Wildman–Crippen MR) is 60.9 cm³/mol. The van der Waals surface area contributed by atoms with E-state index >= 15 is 0 Å². The van der Waals surface area contributed by atoms with Gasteiger partial charge in [-0.15, -0.1) is 0 Å².